The molecule has 2 aliphatic heterocycles. The summed E-state index contributed by atoms with van der Waals surface area (Å²) in [5, 5.41) is 3.12. The standard InChI is InChI=1S/C20H20N2OS/c1-14-6-8-15(9-7-14)12-18-19(23)21-20(24-18)22-11-10-16-4-2-3-5-17(16)13-22/h2-9,12,20H,10-11,13H2,1H3,(H,21,23)/b18-12+/t20-/m1/s1. The number of rotatable bonds is 2. The molecule has 0 unspecified atom stereocenters. The van der Waals surface area contributed by atoms with E-state index in [1.54, 1.807) is 11.8 Å². The number of carbonyl (C=O) groups excluding carboxylic acids is 1. The van der Waals surface area contributed by atoms with Gasteiger partial charge in [-0.05, 0) is 36.1 Å². The molecule has 122 valence electrons. The van der Waals surface area contributed by atoms with Gasteiger partial charge in [-0.2, -0.15) is 0 Å². The van der Waals surface area contributed by atoms with Crippen molar-refractivity contribution >= 4 is 23.7 Å². The lowest BCUT2D eigenvalue weighted by molar-refractivity contribution is -0.117. The minimum atomic E-state index is 0.0301. The van der Waals surface area contributed by atoms with Gasteiger partial charge in [0.05, 0.1) is 4.91 Å². The molecule has 0 spiro atoms. The van der Waals surface area contributed by atoms with Crippen molar-refractivity contribution in [2.75, 3.05) is 6.54 Å². The number of carbonyl (C=O) groups is 1. The first-order valence-corrected chi connectivity index (χ1v) is 9.14. The molecule has 0 radical (unpaired) electrons. The fourth-order valence-electron chi connectivity index (χ4n) is 3.18. The third-order valence-corrected chi connectivity index (χ3v) is 5.78. The number of nitrogens with one attached hydrogen (secondary N) is 1. The number of aryl methyl sites for hydroxylation is 1. The molecule has 2 aliphatic rings. The van der Waals surface area contributed by atoms with E-state index >= 15 is 0 Å². The Balaban J connectivity index is 1.49. The molecule has 1 amide bonds. The second-order valence-corrected chi connectivity index (χ2v) is 7.47. The zero-order valence-corrected chi connectivity index (χ0v) is 14.5. The predicted octanol–water partition coefficient (Wildman–Crippen LogP) is 3.54. The second-order valence-electron chi connectivity index (χ2n) is 6.35. The van der Waals surface area contributed by atoms with Gasteiger partial charge >= 0.3 is 0 Å². The summed E-state index contributed by atoms with van der Waals surface area (Å²) in [5.41, 5.74) is 5.13. The first kappa shape index (κ1) is 15.5. The van der Waals surface area contributed by atoms with Gasteiger partial charge in [0.25, 0.3) is 5.91 Å². The number of benzene rings is 2. The highest BCUT2D eigenvalue weighted by Crippen LogP contribution is 2.33. The topological polar surface area (TPSA) is 32.3 Å². The molecule has 3 nitrogen and oxygen atoms in total. The van der Waals surface area contributed by atoms with E-state index in [1.807, 2.05) is 6.08 Å². The van der Waals surface area contributed by atoms with E-state index in [9.17, 15) is 4.79 Å². The quantitative estimate of drug-likeness (QED) is 0.852. The van der Waals surface area contributed by atoms with Gasteiger partial charge in [0, 0.05) is 13.1 Å². The fraction of sp³-hybridized carbons (Fsp3) is 0.250. The number of thioether (sulfide) groups is 1. The molecular weight excluding hydrogens is 316 g/mol. The van der Waals surface area contributed by atoms with Crippen molar-refractivity contribution in [3.63, 3.8) is 0 Å². The number of amides is 1. The maximum absolute atomic E-state index is 12.3. The summed E-state index contributed by atoms with van der Waals surface area (Å²) >= 11 is 1.63. The molecule has 2 aromatic rings. The van der Waals surface area contributed by atoms with Crippen LogP contribution >= 0.6 is 11.8 Å². The molecule has 0 aliphatic carbocycles. The molecule has 1 saturated heterocycles. The lowest BCUT2D eigenvalue weighted by Gasteiger charge is -2.32. The van der Waals surface area contributed by atoms with Gasteiger partial charge in [0.2, 0.25) is 0 Å². The van der Waals surface area contributed by atoms with Crippen LogP contribution < -0.4 is 5.32 Å². The van der Waals surface area contributed by atoms with E-state index < -0.39 is 0 Å². The van der Waals surface area contributed by atoms with Crippen LogP contribution in [0.4, 0.5) is 0 Å². The van der Waals surface area contributed by atoms with Crippen LogP contribution in [0, 0.1) is 6.92 Å². The van der Waals surface area contributed by atoms with Gasteiger partial charge in [0.15, 0.2) is 0 Å². The molecule has 2 aromatic carbocycles. The highest BCUT2D eigenvalue weighted by Gasteiger charge is 2.33. The largest absolute Gasteiger partial charge is 0.327 e. The van der Waals surface area contributed by atoms with E-state index in [4.69, 9.17) is 0 Å². The van der Waals surface area contributed by atoms with Crippen LogP contribution in [0.1, 0.15) is 22.3 Å². The molecule has 1 N–H and O–H groups in total. The molecule has 0 saturated carbocycles. The second kappa shape index (κ2) is 6.46. The monoisotopic (exact) mass is 336 g/mol. The van der Waals surface area contributed by atoms with Crippen molar-refractivity contribution in [2.45, 2.75) is 25.4 Å². The Labute approximate surface area is 146 Å². The maximum atomic E-state index is 12.3. The smallest absolute Gasteiger partial charge is 0.259 e. The van der Waals surface area contributed by atoms with Gasteiger partial charge < -0.3 is 5.32 Å². The average Bonchev–Trinajstić information content (AvgIpc) is 2.97. The zero-order chi connectivity index (χ0) is 16.5. The Bertz CT molecular complexity index is 798. The Morgan fingerprint density at radius 3 is 2.67 bits per heavy atom. The first-order chi connectivity index (χ1) is 11.7. The molecule has 4 heteroatoms. The van der Waals surface area contributed by atoms with Gasteiger partial charge in [-0.3, -0.25) is 9.69 Å². The summed E-state index contributed by atoms with van der Waals surface area (Å²) < 4.78 is 0. The van der Waals surface area contributed by atoms with Crippen LogP contribution in [-0.2, 0) is 17.8 Å². The molecule has 2 heterocycles. The van der Waals surface area contributed by atoms with Crippen molar-refractivity contribution in [3.05, 3.63) is 75.7 Å². The minimum Gasteiger partial charge on any atom is -0.327 e. The van der Waals surface area contributed by atoms with Gasteiger partial charge in [-0.1, -0.05) is 65.9 Å². The summed E-state index contributed by atoms with van der Waals surface area (Å²) in [7, 11) is 0. The normalized spacial score (nSPS) is 22.5. The van der Waals surface area contributed by atoms with Crippen LogP contribution in [0.5, 0.6) is 0 Å². The molecule has 1 atom stereocenters. The summed E-state index contributed by atoms with van der Waals surface area (Å²) in [5.74, 6) is 0.0319. The van der Waals surface area contributed by atoms with E-state index in [-0.39, 0.29) is 11.4 Å². The molecule has 0 bridgehead atoms. The highest BCUT2D eigenvalue weighted by atomic mass is 32.2. The van der Waals surface area contributed by atoms with Crippen LogP contribution in [0.15, 0.2) is 53.4 Å². The Morgan fingerprint density at radius 1 is 1.12 bits per heavy atom. The van der Waals surface area contributed by atoms with Gasteiger partial charge in [0.1, 0.15) is 5.50 Å². The first-order valence-electron chi connectivity index (χ1n) is 8.26. The van der Waals surface area contributed by atoms with Gasteiger partial charge in [-0.15, -0.1) is 0 Å². The minimum absolute atomic E-state index is 0.0301. The van der Waals surface area contributed by atoms with E-state index in [0.29, 0.717) is 0 Å². The number of hydrogen-bond donors (Lipinski definition) is 1. The number of hydrogen-bond acceptors (Lipinski definition) is 3. The van der Waals surface area contributed by atoms with E-state index in [1.165, 1.54) is 16.7 Å². The van der Waals surface area contributed by atoms with Crippen LogP contribution in [-0.4, -0.2) is 22.8 Å². The highest BCUT2D eigenvalue weighted by molar-refractivity contribution is 8.05. The number of nitrogens with zero attached hydrogens (tertiary/aromatic N) is 1. The molecule has 4 rings (SSSR count). The lowest BCUT2D eigenvalue weighted by Crippen LogP contribution is -2.44. The average molecular weight is 336 g/mol. The third kappa shape index (κ3) is 3.12. The zero-order valence-electron chi connectivity index (χ0n) is 13.7. The number of fused-ring (bicyclic) bond motifs is 1. The summed E-state index contributed by atoms with van der Waals surface area (Å²) in [6, 6.07) is 16.8. The van der Waals surface area contributed by atoms with Crippen LogP contribution in [0.3, 0.4) is 0 Å². The summed E-state index contributed by atoms with van der Waals surface area (Å²) in [6.45, 7) is 3.94. The van der Waals surface area contributed by atoms with Crippen molar-refractivity contribution in [3.8, 4) is 0 Å². The Hall–Kier alpha value is -2.04. The van der Waals surface area contributed by atoms with Crippen LogP contribution in [0.25, 0.3) is 6.08 Å². The van der Waals surface area contributed by atoms with Gasteiger partial charge in [-0.25, -0.2) is 0 Å². The summed E-state index contributed by atoms with van der Waals surface area (Å²) in [6.07, 6.45) is 3.03. The van der Waals surface area contributed by atoms with Crippen molar-refractivity contribution in [2.24, 2.45) is 0 Å². The predicted molar refractivity (Wildman–Crippen MR) is 99.2 cm³/mol. The van der Waals surface area contributed by atoms with E-state index in [0.717, 1.165) is 30.0 Å². The van der Waals surface area contributed by atoms with Crippen LogP contribution in [0.2, 0.25) is 0 Å². The van der Waals surface area contributed by atoms with Crippen molar-refractivity contribution < 1.29 is 4.79 Å². The lowest BCUT2D eigenvalue weighted by atomic mass is 10.0. The van der Waals surface area contributed by atoms with E-state index in [2.05, 4.69) is 65.7 Å². The third-order valence-electron chi connectivity index (χ3n) is 4.58. The molecule has 1 fully saturated rings. The fourth-order valence-corrected chi connectivity index (χ4v) is 4.29. The summed E-state index contributed by atoms with van der Waals surface area (Å²) in [4.78, 5) is 15.5. The molecular formula is C20H20N2OS. The SMILES string of the molecule is Cc1ccc(/C=C2/S[C@@H](N3CCc4ccccc4C3)NC2=O)cc1. The van der Waals surface area contributed by atoms with Crippen molar-refractivity contribution in [1.82, 2.24) is 10.2 Å². The Morgan fingerprint density at radius 2 is 1.88 bits per heavy atom. The van der Waals surface area contributed by atoms with Crippen molar-refractivity contribution in [1.29, 1.82) is 0 Å². The Kier molecular flexibility index (Phi) is 4.17. The maximum Gasteiger partial charge on any atom is 0.259 e. The molecule has 0 aromatic heterocycles. The molecule has 24 heavy (non-hydrogen) atoms.